The minimum atomic E-state index is -0.398. The second kappa shape index (κ2) is 7.64. The van der Waals surface area contributed by atoms with Gasteiger partial charge in [0, 0.05) is 15.7 Å². The molecule has 0 unspecified atom stereocenters. The van der Waals surface area contributed by atoms with E-state index in [-0.39, 0.29) is 12.6 Å². The number of hydrogen-bond acceptors (Lipinski definition) is 3. The number of amides is 3. The Bertz CT molecular complexity index is 1090. The van der Waals surface area contributed by atoms with Crippen molar-refractivity contribution in [1.29, 1.82) is 0 Å². The molecule has 0 atom stereocenters. The Balaban J connectivity index is 1.72. The smallest absolute Gasteiger partial charge is 0.263 e. The van der Waals surface area contributed by atoms with Crippen LogP contribution >= 0.6 is 15.9 Å². The third kappa shape index (κ3) is 3.59. The lowest BCUT2D eigenvalue weighted by Crippen LogP contribution is -2.44. The zero-order valence-corrected chi connectivity index (χ0v) is 17.2. The minimum absolute atomic E-state index is 0.166. The van der Waals surface area contributed by atoms with Gasteiger partial charge in [-0.2, -0.15) is 0 Å². The first kappa shape index (κ1) is 19.1. The Morgan fingerprint density at radius 1 is 0.897 bits per heavy atom. The molecule has 0 aromatic heterocycles. The molecule has 1 aliphatic heterocycles. The van der Waals surface area contributed by atoms with Crippen LogP contribution in [-0.2, 0) is 0 Å². The number of aryl methyl sites for hydroxylation is 1. The third-order valence-electron chi connectivity index (χ3n) is 4.81. The van der Waals surface area contributed by atoms with Gasteiger partial charge in [0.2, 0.25) is 0 Å². The zero-order valence-electron chi connectivity index (χ0n) is 15.6. The van der Waals surface area contributed by atoms with Crippen LogP contribution in [0.1, 0.15) is 36.6 Å². The lowest BCUT2D eigenvalue weighted by molar-refractivity contribution is 0.0650. The zero-order chi connectivity index (χ0) is 20.5. The van der Waals surface area contributed by atoms with Gasteiger partial charge in [-0.25, -0.2) is 0 Å². The van der Waals surface area contributed by atoms with Gasteiger partial charge in [-0.1, -0.05) is 45.8 Å². The molecule has 3 aromatic carbocycles. The standard InChI is InChI=1S/C23H17BrN2O3/c1-15-5-4-6-16(13-15)21(27)25(18-11-9-17(24)10-12-18)14-26-22(28)19-7-2-3-8-20(19)23(26)29/h2-13H,14H2,1H3. The van der Waals surface area contributed by atoms with Crippen LogP contribution in [0.25, 0.3) is 0 Å². The van der Waals surface area contributed by atoms with Crippen LogP contribution in [0.15, 0.2) is 77.3 Å². The molecule has 6 heteroatoms. The van der Waals surface area contributed by atoms with Crippen LogP contribution in [-0.4, -0.2) is 29.3 Å². The summed E-state index contributed by atoms with van der Waals surface area (Å²) in [4.78, 5) is 41.5. The topological polar surface area (TPSA) is 57.7 Å². The van der Waals surface area contributed by atoms with Gasteiger partial charge < -0.3 is 0 Å². The minimum Gasteiger partial charge on any atom is -0.290 e. The normalized spacial score (nSPS) is 12.8. The molecule has 0 spiro atoms. The molecule has 0 N–H and O–H groups in total. The number of fused-ring (bicyclic) bond motifs is 1. The first-order valence-electron chi connectivity index (χ1n) is 9.05. The van der Waals surface area contributed by atoms with Crippen molar-refractivity contribution >= 4 is 39.3 Å². The van der Waals surface area contributed by atoms with Crippen molar-refractivity contribution in [3.05, 3.63) is 99.5 Å². The van der Waals surface area contributed by atoms with Crippen LogP contribution in [0.3, 0.4) is 0 Å². The molecule has 144 valence electrons. The van der Waals surface area contributed by atoms with Gasteiger partial charge in [0.1, 0.15) is 6.67 Å². The molecular formula is C23H17BrN2O3. The fourth-order valence-corrected chi connectivity index (χ4v) is 3.59. The number of carbonyl (C=O) groups excluding carboxylic acids is 3. The summed E-state index contributed by atoms with van der Waals surface area (Å²) in [6, 6.07) is 21.1. The highest BCUT2D eigenvalue weighted by molar-refractivity contribution is 9.10. The number of nitrogens with zero attached hydrogens (tertiary/aromatic N) is 2. The van der Waals surface area contributed by atoms with Gasteiger partial charge in [-0.3, -0.25) is 24.2 Å². The van der Waals surface area contributed by atoms with E-state index in [1.807, 2.05) is 31.2 Å². The summed E-state index contributed by atoms with van der Waals surface area (Å²) in [5.41, 5.74) is 2.75. The number of rotatable bonds is 4. The molecule has 0 saturated carbocycles. The summed E-state index contributed by atoms with van der Waals surface area (Å²) < 4.78 is 0.866. The summed E-state index contributed by atoms with van der Waals surface area (Å²) in [7, 11) is 0. The fourth-order valence-electron chi connectivity index (χ4n) is 3.33. The highest BCUT2D eigenvalue weighted by Crippen LogP contribution is 2.26. The Labute approximate surface area is 176 Å². The number of carbonyl (C=O) groups is 3. The maximum Gasteiger partial charge on any atom is 0.263 e. The average Bonchev–Trinajstić information content (AvgIpc) is 2.97. The average molecular weight is 449 g/mol. The van der Waals surface area contributed by atoms with Crippen LogP contribution in [0, 0.1) is 6.92 Å². The van der Waals surface area contributed by atoms with Crippen molar-refractivity contribution in [2.75, 3.05) is 11.6 Å². The molecular weight excluding hydrogens is 432 g/mol. The van der Waals surface area contributed by atoms with E-state index in [1.165, 1.54) is 4.90 Å². The van der Waals surface area contributed by atoms with E-state index in [4.69, 9.17) is 0 Å². The lowest BCUT2D eigenvalue weighted by atomic mass is 10.1. The predicted octanol–water partition coefficient (Wildman–Crippen LogP) is 4.66. The molecule has 3 aromatic rings. The number of anilines is 1. The van der Waals surface area contributed by atoms with Gasteiger partial charge in [-0.05, 0) is 55.5 Å². The third-order valence-corrected chi connectivity index (χ3v) is 5.34. The molecule has 3 amide bonds. The second-order valence-electron chi connectivity index (χ2n) is 6.80. The Morgan fingerprint density at radius 2 is 1.52 bits per heavy atom. The molecule has 0 bridgehead atoms. The maximum absolute atomic E-state index is 13.3. The summed E-state index contributed by atoms with van der Waals surface area (Å²) in [6.45, 7) is 1.74. The van der Waals surface area contributed by atoms with Crippen LogP contribution in [0.4, 0.5) is 5.69 Å². The maximum atomic E-state index is 13.3. The number of hydrogen-bond donors (Lipinski definition) is 0. The molecule has 1 heterocycles. The summed E-state index contributed by atoms with van der Waals surface area (Å²) in [5.74, 6) is -1.08. The van der Waals surface area contributed by atoms with Crippen molar-refractivity contribution in [3.63, 3.8) is 0 Å². The first-order valence-corrected chi connectivity index (χ1v) is 9.84. The molecule has 5 nitrogen and oxygen atoms in total. The monoisotopic (exact) mass is 448 g/mol. The number of halogens is 1. The molecule has 29 heavy (non-hydrogen) atoms. The lowest BCUT2D eigenvalue weighted by Gasteiger charge is -2.27. The Kier molecular flexibility index (Phi) is 5.03. The van der Waals surface area contributed by atoms with E-state index in [0.717, 1.165) is 14.9 Å². The van der Waals surface area contributed by atoms with E-state index < -0.39 is 11.8 Å². The predicted molar refractivity (Wildman–Crippen MR) is 114 cm³/mol. The van der Waals surface area contributed by atoms with E-state index in [1.54, 1.807) is 48.5 Å². The largest absolute Gasteiger partial charge is 0.290 e. The van der Waals surface area contributed by atoms with Crippen LogP contribution < -0.4 is 4.90 Å². The number of imide groups is 1. The molecule has 4 rings (SSSR count). The Hall–Kier alpha value is -3.25. The van der Waals surface area contributed by atoms with Crippen molar-refractivity contribution < 1.29 is 14.4 Å². The Morgan fingerprint density at radius 3 is 2.10 bits per heavy atom. The highest BCUT2D eigenvalue weighted by Gasteiger charge is 2.37. The van der Waals surface area contributed by atoms with Gasteiger partial charge in [0.25, 0.3) is 17.7 Å². The molecule has 0 saturated heterocycles. The highest BCUT2D eigenvalue weighted by atomic mass is 79.9. The van der Waals surface area contributed by atoms with Crippen molar-refractivity contribution in [2.45, 2.75) is 6.92 Å². The van der Waals surface area contributed by atoms with E-state index in [9.17, 15) is 14.4 Å². The summed E-state index contributed by atoms with van der Waals surface area (Å²) in [6.07, 6.45) is 0. The summed E-state index contributed by atoms with van der Waals surface area (Å²) >= 11 is 3.39. The van der Waals surface area contributed by atoms with Crippen molar-refractivity contribution in [1.82, 2.24) is 4.90 Å². The summed E-state index contributed by atoms with van der Waals surface area (Å²) in [5, 5.41) is 0. The van der Waals surface area contributed by atoms with Gasteiger partial charge in [0.15, 0.2) is 0 Å². The fraction of sp³-hybridized carbons (Fsp3) is 0.0870. The van der Waals surface area contributed by atoms with Gasteiger partial charge in [0.05, 0.1) is 11.1 Å². The van der Waals surface area contributed by atoms with Crippen molar-refractivity contribution in [2.24, 2.45) is 0 Å². The molecule has 1 aliphatic rings. The van der Waals surface area contributed by atoms with Crippen molar-refractivity contribution in [3.8, 4) is 0 Å². The SMILES string of the molecule is Cc1cccc(C(=O)N(CN2C(=O)c3ccccc3C2=O)c2ccc(Br)cc2)c1. The molecule has 0 fully saturated rings. The van der Waals surface area contributed by atoms with E-state index in [0.29, 0.717) is 22.4 Å². The quantitative estimate of drug-likeness (QED) is 0.545. The first-order chi connectivity index (χ1) is 14.0. The van der Waals surface area contributed by atoms with E-state index in [2.05, 4.69) is 15.9 Å². The molecule has 0 aliphatic carbocycles. The molecule has 0 radical (unpaired) electrons. The number of benzene rings is 3. The van der Waals surface area contributed by atoms with Crippen LogP contribution in [0.2, 0.25) is 0 Å². The van der Waals surface area contributed by atoms with Crippen LogP contribution in [0.5, 0.6) is 0 Å². The van der Waals surface area contributed by atoms with E-state index >= 15 is 0 Å². The second-order valence-corrected chi connectivity index (χ2v) is 7.72. The van der Waals surface area contributed by atoms with Gasteiger partial charge >= 0.3 is 0 Å². The van der Waals surface area contributed by atoms with Gasteiger partial charge in [-0.15, -0.1) is 0 Å².